The van der Waals surface area contributed by atoms with Gasteiger partial charge in [0, 0.05) is 13.2 Å². The van der Waals surface area contributed by atoms with Gasteiger partial charge in [0.25, 0.3) is 0 Å². The first-order valence-electron chi connectivity index (χ1n) is 13.3. The van der Waals surface area contributed by atoms with E-state index < -0.39 is 0 Å². The van der Waals surface area contributed by atoms with Gasteiger partial charge in [0.1, 0.15) is 0 Å². The Kier molecular flexibility index (Phi) is 11.7. The van der Waals surface area contributed by atoms with E-state index in [0.717, 1.165) is 51.7 Å². The Balaban J connectivity index is 1.31. The number of aryl methyl sites for hydroxylation is 4. The van der Waals surface area contributed by atoms with Gasteiger partial charge in [0.2, 0.25) is 0 Å². The zero-order chi connectivity index (χ0) is 25.6. The molecular formula is C34H42O2. The molecule has 0 radical (unpaired) electrons. The number of unbranched alkanes of at least 4 members (excludes halogenated alkanes) is 2. The molecule has 0 aliphatic carbocycles. The molecule has 190 valence electrons. The molecule has 3 aromatic rings. The first kappa shape index (κ1) is 27.6. The van der Waals surface area contributed by atoms with Crippen LogP contribution in [0.5, 0.6) is 0 Å². The molecule has 2 heteroatoms. The molecule has 0 bridgehead atoms. The third-order valence-corrected chi connectivity index (χ3v) is 6.69. The summed E-state index contributed by atoms with van der Waals surface area (Å²) in [5.41, 5.74) is 10.2. The second kappa shape index (κ2) is 15.2. The van der Waals surface area contributed by atoms with Crippen LogP contribution in [-0.4, -0.2) is 13.2 Å². The fourth-order valence-electron chi connectivity index (χ4n) is 4.43. The van der Waals surface area contributed by atoms with Crippen molar-refractivity contribution in [1.82, 2.24) is 0 Å². The maximum Gasteiger partial charge on any atom is 0.0719 e. The van der Waals surface area contributed by atoms with Gasteiger partial charge in [0.05, 0.1) is 13.2 Å². The van der Waals surface area contributed by atoms with E-state index in [4.69, 9.17) is 9.47 Å². The maximum absolute atomic E-state index is 6.00. The summed E-state index contributed by atoms with van der Waals surface area (Å²) >= 11 is 0. The van der Waals surface area contributed by atoms with Crippen LogP contribution in [0.25, 0.3) is 12.2 Å². The molecule has 2 nitrogen and oxygen atoms in total. The number of ether oxygens (including phenoxy) is 2. The summed E-state index contributed by atoms with van der Waals surface area (Å²) < 4.78 is 12.0. The highest BCUT2D eigenvalue weighted by molar-refractivity contribution is 5.48. The van der Waals surface area contributed by atoms with Crippen LogP contribution in [0.1, 0.15) is 70.2 Å². The van der Waals surface area contributed by atoms with Crippen molar-refractivity contribution in [3.8, 4) is 0 Å². The summed E-state index contributed by atoms with van der Waals surface area (Å²) in [5.74, 6) is 0. The van der Waals surface area contributed by atoms with Gasteiger partial charge in [-0.3, -0.25) is 0 Å². The summed E-state index contributed by atoms with van der Waals surface area (Å²) in [6.45, 7) is 15.0. The highest BCUT2D eigenvalue weighted by Crippen LogP contribution is 2.19. The lowest BCUT2D eigenvalue weighted by Crippen LogP contribution is -2.03. The molecule has 0 N–H and O–H groups in total. The van der Waals surface area contributed by atoms with Crippen molar-refractivity contribution in [3.05, 3.63) is 118 Å². The van der Waals surface area contributed by atoms with Crippen LogP contribution in [0.2, 0.25) is 0 Å². The lowest BCUT2D eigenvalue weighted by atomic mass is 10.0. The number of benzene rings is 3. The molecule has 0 amide bonds. The van der Waals surface area contributed by atoms with Crippen molar-refractivity contribution in [2.75, 3.05) is 13.2 Å². The summed E-state index contributed by atoms with van der Waals surface area (Å²) in [6, 6.07) is 21.7. The third-order valence-electron chi connectivity index (χ3n) is 6.69. The Labute approximate surface area is 218 Å². The topological polar surface area (TPSA) is 18.5 Å². The van der Waals surface area contributed by atoms with Gasteiger partial charge in [-0.15, -0.1) is 0 Å². The minimum absolute atomic E-state index is 0.673. The molecule has 0 aromatic heterocycles. The van der Waals surface area contributed by atoms with Crippen molar-refractivity contribution in [3.63, 3.8) is 0 Å². The van der Waals surface area contributed by atoms with Gasteiger partial charge in [-0.1, -0.05) is 86.0 Å². The fourth-order valence-corrected chi connectivity index (χ4v) is 4.43. The van der Waals surface area contributed by atoms with Gasteiger partial charge in [-0.25, -0.2) is 0 Å². The molecule has 36 heavy (non-hydrogen) atoms. The highest BCUT2D eigenvalue weighted by atomic mass is 16.5. The second-order valence-electron chi connectivity index (χ2n) is 9.62. The minimum Gasteiger partial charge on any atom is -0.377 e. The average molecular weight is 483 g/mol. The van der Waals surface area contributed by atoms with Gasteiger partial charge in [0.15, 0.2) is 0 Å². The lowest BCUT2D eigenvalue weighted by Gasteiger charge is -2.13. The molecule has 0 spiro atoms. The van der Waals surface area contributed by atoms with Crippen molar-refractivity contribution >= 4 is 12.2 Å². The van der Waals surface area contributed by atoms with Crippen LogP contribution in [-0.2, 0) is 35.5 Å². The quantitative estimate of drug-likeness (QED) is 0.190. The van der Waals surface area contributed by atoms with Crippen LogP contribution >= 0.6 is 0 Å². The molecule has 3 rings (SSSR count). The fraction of sp³-hybridized carbons (Fsp3) is 0.353. The van der Waals surface area contributed by atoms with E-state index in [-0.39, 0.29) is 0 Å². The van der Waals surface area contributed by atoms with E-state index in [2.05, 4.69) is 87.7 Å². The van der Waals surface area contributed by atoms with Crippen molar-refractivity contribution < 1.29 is 9.47 Å². The van der Waals surface area contributed by atoms with E-state index in [0.29, 0.717) is 13.2 Å². The molecule has 0 fully saturated rings. The first-order valence-corrected chi connectivity index (χ1v) is 13.3. The van der Waals surface area contributed by atoms with E-state index in [9.17, 15) is 0 Å². The van der Waals surface area contributed by atoms with E-state index in [1.54, 1.807) is 0 Å². The third kappa shape index (κ3) is 9.26. The summed E-state index contributed by atoms with van der Waals surface area (Å²) in [4.78, 5) is 0. The summed E-state index contributed by atoms with van der Waals surface area (Å²) in [5, 5.41) is 0. The number of rotatable bonds is 16. The lowest BCUT2D eigenvalue weighted by molar-refractivity contribution is 0.114. The van der Waals surface area contributed by atoms with E-state index in [1.165, 1.54) is 44.5 Å². The Morgan fingerprint density at radius 3 is 1.47 bits per heavy atom. The summed E-state index contributed by atoms with van der Waals surface area (Å²) in [7, 11) is 0. The normalized spacial score (nSPS) is 10.9. The molecule has 0 aliphatic heterocycles. The zero-order valence-electron chi connectivity index (χ0n) is 22.2. The van der Waals surface area contributed by atoms with Crippen LogP contribution in [0.3, 0.4) is 0 Å². The molecule has 0 aliphatic rings. The molecule has 0 heterocycles. The van der Waals surface area contributed by atoms with Crippen LogP contribution < -0.4 is 0 Å². The van der Waals surface area contributed by atoms with Crippen molar-refractivity contribution in [2.24, 2.45) is 0 Å². The van der Waals surface area contributed by atoms with Crippen molar-refractivity contribution in [2.45, 2.75) is 65.6 Å². The van der Waals surface area contributed by atoms with E-state index >= 15 is 0 Å². The van der Waals surface area contributed by atoms with Crippen LogP contribution in [0, 0.1) is 13.8 Å². The molecule has 0 atom stereocenters. The zero-order valence-corrected chi connectivity index (χ0v) is 22.2. The smallest absolute Gasteiger partial charge is 0.0719 e. The highest BCUT2D eigenvalue weighted by Gasteiger charge is 2.06. The van der Waals surface area contributed by atoms with E-state index in [1.807, 2.05) is 12.2 Å². The Morgan fingerprint density at radius 2 is 1.06 bits per heavy atom. The monoisotopic (exact) mass is 482 g/mol. The van der Waals surface area contributed by atoms with Crippen LogP contribution in [0.15, 0.2) is 73.8 Å². The summed E-state index contributed by atoms with van der Waals surface area (Å²) in [6.07, 6.45) is 10.4. The van der Waals surface area contributed by atoms with Gasteiger partial charge < -0.3 is 9.47 Å². The predicted molar refractivity (Wildman–Crippen MR) is 154 cm³/mol. The van der Waals surface area contributed by atoms with Crippen LogP contribution in [0.4, 0.5) is 0 Å². The molecular weight excluding hydrogens is 440 g/mol. The Bertz CT molecular complexity index is 1020. The first-order chi connectivity index (χ1) is 17.6. The molecule has 0 saturated heterocycles. The Morgan fingerprint density at radius 1 is 0.611 bits per heavy atom. The average Bonchev–Trinajstić information content (AvgIpc) is 2.90. The number of hydrogen-bond acceptors (Lipinski definition) is 2. The SMILES string of the molecule is C=Cc1cccc(CCCCOCc2cc(C)c(COCCCCc3cccc(C=C)c3)cc2C)c1. The second-order valence-corrected chi connectivity index (χ2v) is 9.62. The Hall–Kier alpha value is -2.94. The largest absolute Gasteiger partial charge is 0.377 e. The predicted octanol–water partition coefficient (Wildman–Crippen LogP) is 8.67. The number of hydrogen-bond donors (Lipinski definition) is 0. The molecule has 3 aromatic carbocycles. The van der Waals surface area contributed by atoms with Gasteiger partial charge in [-0.2, -0.15) is 0 Å². The van der Waals surface area contributed by atoms with Crippen molar-refractivity contribution in [1.29, 1.82) is 0 Å². The van der Waals surface area contributed by atoms with Gasteiger partial charge >= 0.3 is 0 Å². The molecule has 0 unspecified atom stereocenters. The minimum atomic E-state index is 0.673. The maximum atomic E-state index is 6.00. The van der Waals surface area contributed by atoms with Gasteiger partial charge in [-0.05, 0) is 96.9 Å². The standard InChI is InChI=1S/C34H42O2/c1-5-29-15-11-17-31(23-29)13-7-9-19-35-25-33-21-28(4)34(22-27(33)3)26-36-20-10-8-14-32-18-12-16-30(6-2)24-32/h5-6,11-12,15-18,21-24H,1-2,7-10,13-14,19-20,25-26H2,3-4H3. The molecule has 0 saturated carbocycles.